The molecule has 2 saturated heterocycles. The molecule has 6 heteroatoms. The molecule has 0 radical (unpaired) electrons. The van der Waals surface area contributed by atoms with Gasteiger partial charge in [-0.05, 0) is 67.1 Å². The summed E-state index contributed by atoms with van der Waals surface area (Å²) in [5, 5.41) is 0.725. The summed E-state index contributed by atoms with van der Waals surface area (Å²) < 4.78 is 2.20. The fourth-order valence-corrected chi connectivity index (χ4v) is 6.49. The van der Waals surface area contributed by atoms with Gasteiger partial charge < -0.3 is 9.30 Å². The Balaban J connectivity index is 1.23. The van der Waals surface area contributed by atoms with E-state index in [0.29, 0.717) is 6.42 Å². The van der Waals surface area contributed by atoms with Crippen molar-refractivity contribution in [3.8, 4) is 11.3 Å². The Labute approximate surface area is 223 Å². The summed E-state index contributed by atoms with van der Waals surface area (Å²) in [7, 11) is 0. The average molecular weight is 513 g/mol. The first kappa shape index (κ1) is 24.2. The molecule has 0 aliphatic carbocycles. The number of hydrogen-bond acceptors (Lipinski definition) is 3. The van der Waals surface area contributed by atoms with Crippen LogP contribution in [-0.2, 0) is 24.2 Å². The van der Waals surface area contributed by atoms with Crippen molar-refractivity contribution in [2.24, 2.45) is 0 Å². The van der Waals surface area contributed by atoms with Gasteiger partial charge in [-0.3, -0.25) is 9.69 Å². The smallest absolute Gasteiger partial charge is 0.227 e. The third-order valence-electron chi connectivity index (χ3n) is 8.18. The topological polar surface area (TPSA) is 40.9 Å². The van der Waals surface area contributed by atoms with Gasteiger partial charge in [0.15, 0.2) is 0 Å². The van der Waals surface area contributed by atoms with Gasteiger partial charge in [0.2, 0.25) is 5.91 Å². The second-order valence-electron chi connectivity index (χ2n) is 10.5. The van der Waals surface area contributed by atoms with Crippen molar-refractivity contribution >= 4 is 23.2 Å². The predicted molar refractivity (Wildman–Crippen MR) is 149 cm³/mol. The number of piperazine rings is 1. The van der Waals surface area contributed by atoms with Crippen LogP contribution in [0.15, 0.2) is 66.9 Å². The summed E-state index contributed by atoms with van der Waals surface area (Å²) in [5.74, 6) is 0.285. The number of likely N-dealkylation sites (tertiary alicyclic amines) is 1. The molecule has 0 N–H and O–H groups in total. The Morgan fingerprint density at radius 1 is 1.00 bits per heavy atom. The van der Waals surface area contributed by atoms with Gasteiger partial charge in [0.1, 0.15) is 5.65 Å². The molecule has 2 aromatic carbocycles. The number of pyridine rings is 1. The molecule has 6 rings (SSSR count). The highest BCUT2D eigenvalue weighted by Gasteiger charge is 2.42. The zero-order chi connectivity index (χ0) is 25.5. The number of amides is 1. The van der Waals surface area contributed by atoms with Crippen molar-refractivity contribution in [2.45, 2.75) is 58.2 Å². The van der Waals surface area contributed by atoms with Crippen molar-refractivity contribution in [1.29, 1.82) is 0 Å². The number of halogens is 1. The lowest BCUT2D eigenvalue weighted by molar-refractivity contribution is -0.136. The molecule has 190 valence electrons. The van der Waals surface area contributed by atoms with Crippen LogP contribution in [0.4, 0.5) is 0 Å². The number of nitrogens with zero attached hydrogens (tertiary/aromatic N) is 4. The highest BCUT2D eigenvalue weighted by Crippen LogP contribution is 2.34. The van der Waals surface area contributed by atoms with Gasteiger partial charge in [-0.2, -0.15) is 0 Å². The maximum atomic E-state index is 13.6. The van der Waals surface area contributed by atoms with E-state index in [4.69, 9.17) is 16.6 Å². The SMILES string of the molecule is CCc1cccc(C)c1CC(=O)N1C2CCC1CN(Cc1c(-c3ccc(Cl)cc3)nc3ccccn13)C2. The molecule has 2 unspecified atom stereocenters. The Morgan fingerprint density at radius 3 is 2.49 bits per heavy atom. The van der Waals surface area contributed by atoms with Crippen LogP contribution in [-0.4, -0.2) is 50.3 Å². The third-order valence-corrected chi connectivity index (χ3v) is 8.43. The molecule has 2 fully saturated rings. The van der Waals surface area contributed by atoms with E-state index >= 15 is 0 Å². The minimum Gasteiger partial charge on any atom is -0.334 e. The number of imidazole rings is 1. The minimum absolute atomic E-state index is 0.276. The molecule has 2 aliphatic rings. The number of fused-ring (bicyclic) bond motifs is 3. The molecule has 0 saturated carbocycles. The van der Waals surface area contributed by atoms with Gasteiger partial charge in [-0.1, -0.05) is 54.9 Å². The first-order valence-corrected chi connectivity index (χ1v) is 13.7. The van der Waals surface area contributed by atoms with Gasteiger partial charge in [0.25, 0.3) is 0 Å². The van der Waals surface area contributed by atoms with Crippen molar-refractivity contribution in [3.05, 3.63) is 94.3 Å². The van der Waals surface area contributed by atoms with Crippen LogP contribution in [0.1, 0.15) is 42.1 Å². The van der Waals surface area contributed by atoms with E-state index in [9.17, 15) is 4.79 Å². The molecule has 2 atom stereocenters. The van der Waals surface area contributed by atoms with E-state index in [0.717, 1.165) is 60.8 Å². The van der Waals surface area contributed by atoms with E-state index in [1.807, 2.05) is 30.3 Å². The standard InChI is InChI=1S/C31H33ClN4O/c1-3-22-8-6-7-21(2)27(22)17-30(37)36-25-14-15-26(36)19-34(18-25)20-28-31(23-10-12-24(32)13-11-23)33-29-9-4-5-16-35(28)29/h4-13,16,25-26H,3,14-15,17-20H2,1-2H3. The number of carbonyl (C=O) groups is 1. The van der Waals surface area contributed by atoms with Crippen molar-refractivity contribution in [2.75, 3.05) is 13.1 Å². The Bertz CT molecular complexity index is 1430. The van der Waals surface area contributed by atoms with Crippen molar-refractivity contribution in [3.63, 3.8) is 0 Å². The summed E-state index contributed by atoms with van der Waals surface area (Å²) in [4.78, 5) is 23.3. The molecular weight excluding hydrogens is 480 g/mol. The summed E-state index contributed by atoms with van der Waals surface area (Å²) in [6, 6.07) is 21.0. The number of hydrogen-bond donors (Lipinski definition) is 0. The second kappa shape index (κ2) is 9.96. The van der Waals surface area contributed by atoms with Gasteiger partial charge in [-0.15, -0.1) is 0 Å². The number of rotatable bonds is 6. The highest BCUT2D eigenvalue weighted by atomic mass is 35.5. The van der Waals surface area contributed by atoms with E-state index in [-0.39, 0.29) is 18.0 Å². The van der Waals surface area contributed by atoms with Gasteiger partial charge in [0.05, 0.1) is 17.8 Å². The second-order valence-corrected chi connectivity index (χ2v) is 10.9. The van der Waals surface area contributed by atoms with Gasteiger partial charge >= 0.3 is 0 Å². The largest absolute Gasteiger partial charge is 0.334 e. The Kier molecular flexibility index (Phi) is 6.51. The monoisotopic (exact) mass is 512 g/mol. The summed E-state index contributed by atoms with van der Waals surface area (Å²) in [6.07, 6.45) is 5.73. The average Bonchev–Trinajstić information content (AvgIpc) is 3.40. The van der Waals surface area contributed by atoms with E-state index in [1.54, 1.807) is 0 Å². The van der Waals surface area contributed by atoms with Crippen LogP contribution < -0.4 is 0 Å². The van der Waals surface area contributed by atoms with Crippen LogP contribution >= 0.6 is 11.6 Å². The maximum Gasteiger partial charge on any atom is 0.227 e. The predicted octanol–water partition coefficient (Wildman–Crippen LogP) is 5.94. The van der Waals surface area contributed by atoms with Crippen molar-refractivity contribution < 1.29 is 4.79 Å². The fraction of sp³-hybridized carbons (Fsp3) is 0.355. The molecular formula is C31H33ClN4O. The molecule has 37 heavy (non-hydrogen) atoms. The lowest BCUT2D eigenvalue weighted by Crippen LogP contribution is -2.55. The summed E-state index contributed by atoms with van der Waals surface area (Å²) in [5.41, 5.74) is 7.94. The fourth-order valence-electron chi connectivity index (χ4n) is 6.36. The molecule has 4 heterocycles. The quantitative estimate of drug-likeness (QED) is 0.321. The van der Waals surface area contributed by atoms with Crippen molar-refractivity contribution in [1.82, 2.24) is 19.2 Å². The highest BCUT2D eigenvalue weighted by molar-refractivity contribution is 6.30. The maximum absolute atomic E-state index is 13.6. The first-order valence-electron chi connectivity index (χ1n) is 13.3. The number of aromatic nitrogens is 2. The number of aryl methyl sites for hydroxylation is 2. The van der Waals surface area contributed by atoms with Gasteiger partial charge in [-0.25, -0.2) is 4.98 Å². The van der Waals surface area contributed by atoms with Crippen LogP contribution in [0.3, 0.4) is 0 Å². The zero-order valence-corrected chi connectivity index (χ0v) is 22.3. The molecule has 0 spiro atoms. The number of benzene rings is 2. The Morgan fingerprint density at radius 2 is 1.76 bits per heavy atom. The normalized spacial score (nSPS) is 19.6. The van der Waals surface area contributed by atoms with E-state index in [2.05, 4.69) is 64.6 Å². The molecule has 2 aliphatic heterocycles. The Hall–Kier alpha value is -3.15. The molecule has 5 nitrogen and oxygen atoms in total. The molecule has 1 amide bonds. The summed E-state index contributed by atoms with van der Waals surface area (Å²) >= 11 is 6.16. The molecule has 2 aromatic heterocycles. The minimum atomic E-state index is 0.276. The summed E-state index contributed by atoms with van der Waals surface area (Å²) in [6.45, 7) is 6.90. The van der Waals surface area contributed by atoms with E-state index in [1.165, 1.54) is 22.4 Å². The van der Waals surface area contributed by atoms with Gasteiger partial charge in [0, 0.05) is 48.5 Å². The van der Waals surface area contributed by atoms with Crippen LogP contribution in [0.5, 0.6) is 0 Å². The lowest BCUT2D eigenvalue weighted by atomic mass is 9.96. The van der Waals surface area contributed by atoms with Crippen LogP contribution in [0.2, 0.25) is 5.02 Å². The van der Waals surface area contributed by atoms with E-state index < -0.39 is 0 Å². The number of carbonyl (C=O) groups excluding carboxylic acids is 1. The third kappa shape index (κ3) is 4.55. The van der Waals surface area contributed by atoms with Crippen LogP contribution in [0, 0.1) is 6.92 Å². The molecule has 2 bridgehead atoms. The zero-order valence-electron chi connectivity index (χ0n) is 21.5. The first-order chi connectivity index (χ1) is 18.0. The molecule has 4 aromatic rings. The lowest BCUT2D eigenvalue weighted by Gasteiger charge is -2.41. The van der Waals surface area contributed by atoms with Crippen LogP contribution in [0.25, 0.3) is 16.9 Å².